The average Bonchev–Trinajstić information content (AvgIpc) is 3.36. The molecule has 1 heterocycles. The van der Waals surface area contributed by atoms with Crippen molar-refractivity contribution in [1.29, 1.82) is 0 Å². The minimum absolute atomic E-state index is 0.212. The highest BCUT2D eigenvalue weighted by atomic mass is 28.4. The number of hydrogen-bond acceptors (Lipinski definition) is 6. The smallest absolute Gasteiger partial charge is 0.407 e. The molecule has 1 N–H and O–H groups in total. The van der Waals surface area contributed by atoms with Crippen molar-refractivity contribution < 1.29 is 28.2 Å². The van der Waals surface area contributed by atoms with E-state index >= 15 is 0 Å². The molecule has 1 aliphatic heterocycles. The van der Waals surface area contributed by atoms with E-state index in [-0.39, 0.29) is 23.3 Å². The van der Waals surface area contributed by atoms with Crippen molar-refractivity contribution in [2.24, 2.45) is 0 Å². The van der Waals surface area contributed by atoms with E-state index in [4.69, 9.17) is 23.4 Å². The fourth-order valence-electron chi connectivity index (χ4n) is 6.07. The molecular weight excluding hydrogens is 595 g/mol. The van der Waals surface area contributed by atoms with Crippen LogP contribution >= 0.6 is 0 Å². The first-order chi connectivity index (χ1) is 21.7. The molecule has 8 heteroatoms. The third-order valence-corrected chi connectivity index (χ3v) is 13.2. The molecule has 4 rings (SSSR count). The number of ether oxygens (including phenoxy) is 4. The molecule has 0 aromatic heterocycles. The van der Waals surface area contributed by atoms with Gasteiger partial charge in [0.1, 0.15) is 11.7 Å². The Hall–Kier alpha value is -3.01. The van der Waals surface area contributed by atoms with Crippen LogP contribution in [0.25, 0.3) is 0 Å². The second-order valence-corrected chi connectivity index (χ2v) is 18.9. The fraction of sp³-hybridized carbons (Fsp3) is 0.500. The summed E-state index contributed by atoms with van der Waals surface area (Å²) in [5.74, 6) is -0.718. The summed E-state index contributed by atoms with van der Waals surface area (Å²) in [6.07, 6.45) is 0.141. The summed E-state index contributed by atoms with van der Waals surface area (Å²) in [6.45, 7) is 17.5. The third kappa shape index (κ3) is 9.75. The zero-order chi connectivity index (χ0) is 33.4. The minimum Gasteiger partial charge on any atom is -0.444 e. The number of alkyl carbamates (subject to hydrolysis) is 1. The van der Waals surface area contributed by atoms with Crippen LogP contribution in [-0.4, -0.2) is 57.3 Å². The quantitative estimate of drug-likeness (QED) is 0.202. The standard InChI is InChI=1S/C38H53NO6Si/c1-36(2,3)44-35(40)39-30(27-41-26-29-18-12-9-13-19-29)24-25-33(34-28-42-38(7,8)43-34)45-46(37(4,5)6,31-20-14-10-15-21-31)32-22-16-11-17-23-32/h9-23,30,33-34H,24-28H2,1-8H3,(H,39,40)/t30-,33-,34-/m0/s1. The summed E-state index contributed by atoms with van der Waals surface area (Å²) in [5.41, 5.74) is 0.458. The highest BCUT2D eigenvalue weighted by Crippen LogP contribution is 2.39. The van der Waals surface area contributed by atoms with Gasteiger partial charge in [-0.15, -0.1) is 0 Å². The number of rotatable bonds is 13. The molecule has 0 bridgehead atoms. The fourth-order valence-corrected chi connectivity index (χ4v) is 10.8. The lowest BCUT2D eigenvalue weighted by Crippen LogP contribution is -2.68. The molecule has 250 valence electrons. The van der Waals surface area contributed by atoms with Gasteiger partial charge in [-0.05, 0) is 68.4 Å². The molecule has 7 nitrogen and oxygen atoms in total. The molecule has 3 atom stereocenters. The van der Waals surface area contributed by atoms with Crippen LogP contribution in [-0.2, 0) is 30.0 Å². The Morgan fingerprint density at radius 3 is 1.89 bits per heavy atom. The number of nitrogens with one attached hydrogen (secondary N) is 1. The van der Waals surface area contributed by atoms with Gasteiger partial charge < -0.3 is 28.7 Å². The Bertz CT molecular complexity index is 1320. The van der Waals surface area contributed by atoms with Crippen molar-refractivity contribution >= 4 is 24.8 Å². The van der Waals surface area contributed by atoms with Crippen molar-refractivity contribution in [3.63, 3.8) is 0 Å². The van der Waals surface area contributed by atoms with Crippen LogP contribution in [0.4, 0.5) is 4.79 Å². The molecule has 3 aromatic rings. The second-order valence-electron chi connectivity index (χ2n) is 14.6. The maximum absolute atomic E-state index is 13.0. The first-order valence-corrected chi connectivity index (χ1v) is 18.3. The lowest BCUT2D eigenvalue weighted by atomic mass is 10.0. The predicted molar refractivity (Wildman–Crippen MR) is 186 cm³/mol. The first-order valence-electron chi connectivity index (χ1n) is 16.4. The van der Waals surface area contributed by atoms with Gasteiger partial charge in [0, 0.05) is 0 Å². The monoisotopic (exact) mass is 647 g/mol. The molecule has 1 amide bonds. The zero-order valence-corrected chi connectivity index (χ0v) is 29.9. The molecular formula is C38H53NO6Si. The molecule has 0 radical (unpaired) electrons. The summed E-state index contributed by atoms with van der Waals surface area (Å²) >= 11 is 0. The second kappa shape index (κ2) is 15.3. The number of amides is 1. The molecule has 46 heavy (non-hydrogen) atoms. The highest BCUT2D eigenvalue weighted by Gasteiger charge is 2.53. The lowest BCUT2D eigenvalue weighted by molar-refractivity contribution is -0.150. The van der Waals surface area contributed by atoms with Crippen LogP contribution in [0.2, 0.25) is 5.04 Å². The van der Waals surface area contributed by atoms with Crippen LogP contribution in [0.15, 0.2) is 91.0 Å². The van der Waals surface area contributed by atoms with E-state index in [1.165, 1.54) is 10.4 Å². The molecule has 1 saturated heterocycles. The van der Waals surface area contributed by atoms with Crippen LogP contribution in [0.1, 0.15) is 73.8 Å². The SMILES string of the molecule is CC(C)(C)OC(=O)N[C@@H](CC[C@H](O[Si](c1ccccc1)(c1ccccc1)C(C)(C)C)[C@@H]1COC(C)(C)O1)COCc1ccccc1. The zero-order valence-electron chi connectivity index (χ0n) is 28.9. The van der Waals surface area contributed by atoms with E-state index in [2.05, 4.69) is 74.6 Å². The van der Waals surface area contributed by atoms with E-state index in [9.17, 15) is 4.79 Å². The van der Waals surface area contributed by atoms with Crippen LogP contribution in [0.5, 0.6) is 0 Å². The van der Waals surface area contributed by atoms with E-state index in [0.717, 1.165) is 5.56 Å². The van der Waals surface area contributed by atoms with Crippen molar-refractivity contribution in [2.75, 3.05) is 13.2 Å². The van der Waals surface area contributed by atoms with Crippen molar-refractivity contribution in [3.05, 3.63) is 96.6 Å². The van der Waals surface area contributed by atoms with Crippen molar-refractivity contribution in [2.45, 2.75) is 110 Å². The average molecular weight is 648 g/mol. The van der Waals surface area contributed by atoms with E-state index < -0.39 is 25.8 Å². The third-order valence-electron chi connectivity index (χ3n) is 8.14. The highest BCUT2D eigenvalue weighted by molar-refractivity contribution is 6.99. The Balaban J connectivity index is 1.65. The molecule has 3 aromatic carbocycles. The molecule has 0 unspecified atom stereocenters. The van der Waals surface area contributed by atoms with Crippen LogP contribution < -0.4 is 15.7 Å². The normalized spacial score (nSPS) is 18.1. The van der Waals surface area contributed by atoms with E-state index in [0.29, 0.717) is 32.7 Å². The van der Waals surface area contributed by atoms with Crippen molar-refractivity contribution in [3.8, 4) is 0 Å². The molecule has 0 spiro atoms. The van der Waals surface area contributed by atoms with Gasteiger partial charge in [0.2, 0.25) is 0 Å². The molecule has 1 fully saturated rings. The van der Waals surface area contributed by atoms with Gasteiger partial charge in [-0.3, -0.25) is 0 Å². The summed E-state index contributed by atoms with van der Waals surface area (Å²) in [4.78, 5) is 13.0. The van der Waals surface area contributed by atoms with Crippen LogP contribution in [0, 0.1) is 0 Å². The minimum atomic E-state index is -2.91. The Morgan fingerprint density at radius 1 is 0.870 bits per heavy atom. The number of carbonyl (C=O) groups is 1. The maximum Gasteiger partial charge on any atom is 0.407 e. The molecule has 1 aliphatic rings. The molecule has 0 saturated carbocycles. The van der Waals surface area contributed by atoms with Crippen molar-refractivity contribution in [1.82, 2.24) is 5.32 Å². The Morgan fingerprint density at radius 2 is 1.41 bits per heavy atom. The van der Waals surface area contributed by atoms with Gasteiger partial charge in [-0.25, -0.2) is 4.79 Å². The van der Waals surface area contributed by atoms with E-state index in [1.54, 1.807) is 0 Å². The van der Waals surface area contributed by atoms with E-state index in [1.807, 2.05) is 77.1 Å². The summed E-state index contributed by atoms with van der Waals surface area (Å²) in [5, 5.41) is 5.26. The first kappa shape index (κ1) is 35.8. The van der Waals surface area contributed by atoms with Crippen LogP contribution in [0.3, 0.4) is 0 Å². The number of hydrogen-bond donors (Lipinski definition) is 1. The number of benzene rings is 3. The summed E-state index contributed by atoms with van der Waals surface area (Å²) in [6, 6.07) is 31.0. The van der Waals surface area contributed by atoms with Gasteiger partial charge in [0.05, 0.1) is 32.0 Å². The Kier molecular flexibility index (Phi) is 11.9. The lowest BCUT2D eigenvalue weighted by Gasteiger charge is -2.46. The Labute approximate surface area is 277 Å². The summed E-state index contributed by atoms with van der Waals surface area (Å²) in [7, 11) is -2.91. The molecule has 0 aliphatic carbocycles. The maximum atomic E-state index is 13.0. The van der Waals surface area contributed by atoms with Gasteiger partial charge in [0.15, 0.2) is 5.79 Å². The van der Waals surface area contributed by atoms with Gasteiger partial charge in [-0.1, -0.05) is 112 Å². The van der Waals surface area contributed by atoms with Gasteiger partial charge in [-0.2, -0.15) is 0 Å². The predicted octanol–water partition coefficient (Wildman–Crippen LogP) is 6.97. The largest absolute Gasteiger partial charge is 0.444 e. The van der Waals surface area contributed by atoms with Gasteiger partial charge in [0.25, 0.3) is 8.32 Å². The topological polar surface area (TPSA) is 75.3 Å². The number of carbonyl (C=O) groups excluding carboxylic acids is 1. The van der Waals surface area contributed by atoms with Gasteiger partial charge >= 0.3 is 6.09 Å². The summed E-state index contributed by atoms with van der Waals surface area (Å²) < 4.78 is 32.0.